The minimum atomic E-state index is -2.45. The van der Waals surface area contributed by atoms with Gasteiger partial charge in [0.2, 0.25) is 0 Å². The van der Waals surface area contributed by atoms with Crippen LogP contribution in [0.3, 0.4) is 0 Å². The number of aliphatic hydroxyl groups is 1. The average molecular weight is 177 g/mol. The van der Waals surface area contributed by atoms with Gasteiger partial charge in [0.15, 0.2) is 0 Å². The molecule has 0 aliphatic carbocycles. The van der Waals surface area contributed by atoms with E-state index in [0.29, 0.717) is 5.69 Å². The van der Waals surface area contributed by atoms with Crippen molar-refractivity contribution in [1.82, 2.24) is 15.0 Å². The fourth-order valence-electron chi connectivity index (χ4n) is 0.735. The van der Waals surface area contributed by atoms with Crippen molar-refractivity contribution in [2.24, 2.45) is 0 Å². The van der Waals surface area contributed by atoms with Crippen LogP contribution >= 0.6 is 0 Å². The summed E-state index contributed by atoms with van der Waals surface area (Å²) >= 11 is 0. The van der Waals surface area contributed by atoms with Crippen LogP contribution in [0.25, 0.3) is 0 Å². The van der Waals surface area contributed by atoms with Crippen molar-refractivity contribution >= 4 is 0 Å². The maximum absolute atomic E-state index is 11.8. The molecule has 0 aromatic carbocycles. The molecule has 6 heteroatoms. The summed E-state index contributed by atoms with van der Waals surface area (Å²) in [6.07, 6.45) is -1.92. The summed E-state index contributed by atoms with van der Waals surface area (Å²) in [4.78, 5) is 0. The molecule has 0 fully saturated rings. The van der Waals surface area contributed by atoms with Crippen molar-refractivity contribution in [3.63, 3.8) is 0 Å². The zero-order chi connectivity index (χ0) is 9.14. The SMILES string of the molecule is C[C@H](O)c1cn(CC(F)F)nn1. The number of aromatic nitrogens is 3. The van der Waals surface area contributed by atoms with Crippen LogP contribution in [-0.2, 0) is 6.54 Å². The van der Waals surface area contributed by atoms with Gasteiger partial charge in [0.05, 0.1) is 12.3 Å². The number of hydrogen-bond donors (Lipinski definition) is 1. The van der Waals surface area contributed by atoms with Gasteiger partial charge in [-0.15, -0.1) is 5.10 Å². The Hall–Kier alpha value is -1.04. The molecule has 68 valence electrons. The van der Waals surface area contributed by atoms with Crippen LogP contribution in [-0.4, -0.2) is 26.5 Å². The maximum Gasteiger partial charge on any atom is 0.257 e. The Kier molecular flexibility index (Phi) is 2.69. The predicted octanol–water partition coefficient (Wildman–Crippen LogP) is 0.597. The van der Waals surface area contributed by atoms with Crippen LogP contribution in [0.5, 0.6) is 0 Å². The first-order valence-corrected chi connectivity index (χ1v) is 3.46. The van der Waals surface area contributed by atoms with Gasteiger partial charge in [0.25, 0.3) is 6.43 Å². The van der Waals surface area contributed by atoms with E-state index in [1.165, 1.54) is 13.1 Å². The monoisotopic (exact) mass is 177 g/mol. The molecule has 0 bridgehead atoms. The first-order chi connectivity index (χ1) is 5.59. The quantitative estimate of drug-likeness (QED) is 0.735. The highest BCUT2D eigenvalue weighted by atomic mass is 19.3. The van der Waals surface area contributed by atoms with E-state index in [1.807, 2.05) is 0 Å². The number of hydrogen-bond acceptors (Lipinski definition) is 3. The zero-order valence-electron chi connectivity index (χ0n) is 6.48. The molecule has 0 saturated carbocycles. The van der Waals surface area contributed by atoms with Crippen molar-refractivity contribution in [1.29, 1.82) is 0 Å². The molecule has 0 aliphatic rings. The molecular weight excluding hydrogens is 168 g/mol. The number of nitrogens with zero attached hydrogens (tertiary/aromatic N) is 3. The van der Waals surface area contributed by atoms with Crippen LogP contribution in [0, 0.1) is 0 Å². The van der Waals surface area contributed by atoms with E-state index in [4.69, 9.17) is 5.11 Å². The van der Waals surface area contributed by atoms with Crippen LogP contribution in [0.15, 0.2) is 6.20 Å². The third-order valence-corrected chi connectivity index (χ3v) is 1.31. The van der Waals surface area contributed by atoms with E-state index in [2.05, 4.69) is 10.3 Å². The molecule has 12 heavy (non-hydrogen) atoms. The van der Waals surface area contributed by atoms with Crippen molar-refractivity contribution < 1.29 is 13.9 Å². The lowest BCUT2D eigenvalue weighted by Gasteiger charge is -1.97. The molecule has 0 saturated heterocycles. The van der Waals surface area contributed by atoms with Crippen LogP contribution in [0.4, 0.5) is 8.78 Å². The van der Waals surface area contributed by atoms with E-state index >= 15 is 0 Å². The lowest BCUT2D eigenvalue weighted by atomic mass is 10.3. The lowest BCUT2D eigenvalue weighted by Crippen LogP contribution is -2.06. The summed E-state index contributed by atoms with van der Waals surface area (Å²) in [5, 5.41) is 15.9. The van der Waals surface area contributed by atoms with Gasteiger partial charge in [-0.25, -0.2) is 13.5 Å². The van der Waals surface area contributed by atoms with Gasteiger partial charge in [-0.1, -0.05) is 5.21 Å². The first kappa shape index (κ1) is 9.05. The Morgan fingerprint density at radius 3 is 2.75 bits per heavy atom. The molecule has 0 aliphatic heterocycles. The van der Waals surface area contributed by atoms with Crippen molar-refractivity contribution in [2.75, 3.05) is 0 Å². The molecule has 1 N–H and O–H groups in total. The largest absolute Gasteiger partial charge is 0.387 e. The van der Waals surface area contributed by atoms with Crippen molar-refractivity contribution in [3.8, 4) is 0 Å². The highest BCUT2D eigenvalue weighted by molar-refractivity contribution is 4.95. The molecule has 0 amide bonds. The number of halogens is 2. The summed E-state index contributed by atoms with van der Waals surface area (Å²) < 4.78 is 24.6. The molecule has 1 aromatic heterocycles. The van der Waals surface area contributed by atoms with E-state index < -0.39 is 19.1 Å². The van der Waals surface area contributed by atoms with E-state index in [-0.39, 0.29) is 0 Å². The molecule has 1 aromatic rings. The van der Waals surface area contributed by atoms with Gasteiger partial charge < -0.3 is 5.11 Å². The summed E-state index contributed by atoms with van der Waals surface area (Å²) in [5.74, 6) is 0. The second-order valence-corrected chi connectivity index (χ2v) is 2.43. The fraction of sp³-hybridized carbons (Fsp3) is 0.667. The molecule has 0 spiro atoms. The third-order valence-electron chi connectivity index (χ3n) is 1.31. The lowest BCUT2D eigenvalue weighted by molar-refractivity contribution is 0.121. The molecule has 1 atom stereocenters. The van der Waals surface area contributed by atoms with E-state index in [9.17, 15) is 8.78 Å². The topological polar surface area (TPSA) is 50.9 Å². The van der Waals surface area contributed by atoms with Crippen LogP contribution in [0.1, 0.15) is 18.7 Å². The molecule has 1 heterocycles. The molecule has 0 unspecified atom stereocenters. The number of rotatable bonds is 3. The number of aliphatic hydroxyl groups excluding tert-OH is 1. The molecule has 1 rings (SSSR count). The van der Waals surface area contributed by atoms with Gasteiger partial charge in [-0.3, -0.25) is 0 Å². The van der Waals surface area contributed by atoms with Gasteiger partial charge >= 0.3 is 0 Å². The van der Waals surface area contributed by atoms with Crippen LogP contribution in [0.2, 0.25) is 0 Å². The smallest absolute Gasteiger partial charge is 0.257 e. The molecular formula is C6H9F2N3O. The Bertz CT molecular complexity index is 249. The van der Waals surface area contributed by atoms with Gasteiger partial charge in [0.1, 0.15) is 12.2 Å². The fourth-order valence-corrected chi connectivity index (χ4v) is 0.735. The average Bonchev–Trinajstić information content (AvgIpc) is 2.34. The standard InChI is InChI=1S/C6H9F2N3O/c1-4(12)5-2-11(10-9-5)3-6(7)8/h2,4,6,12H,3H2,1H3/t4-/m0/s1. The predicted molar refractivity (Wildman–Crippen MR) is 36.7 cm³/mol. The summed E-state index contributed by atoms with van der Waals surface area (Å²) in [6, 6.07) is 0. The second kappa shape index (κ2) is 3.57. The van der Waals surface area contributed by atoms with E-state index in [1.54, 1.807) is 0 Å². The molecule has 4 nitrogen and oxygen atoms in total. The van der Waals surface area contributed by atoms with Crippen molar-refractivity contribution in [3.05, 3.63) is 11.9 Å². The Morgan fingerprint density at radius 1 is 1.67 bits per heavy atom. The first-order valence-electron chi connectivity index (χ1n) is 3.46. The minimum absolute atomic E-state index is 0.302. The summed E-state index contributed by atoms with van der Waals surface area (Å²) in [5.41, 5.74) is 0.302. The van der Waals surface area contributed by atoms with Gasteiger partial charge in [-0.2, -0.15) is 0 Å². The second-order valence-electron chi connectivity index (χ2n) is 2.43. The Balaban J connectivity index is 2.64. The van der Waals surface area contributed by atoms with E-state index in [0.717, 1.165) is 4.68 Å². The third kappa shape index (κ3) is 2.23. The molecule has 0 radical (unpaired) electrons. The normalized spacial score (nSPS) is 13.8. The highest BCUT2D eigenvalue weighted by Gasteiger charge is 2.09. The Morgan fingerprint density at radius 2 is 2.33 bits per heavy atom. The maximum atomic E-state index is 11.8. The van der Waals surface area contributed by atoms with Crippen molar-refractivity contribution in [2.45, 2.75) is 26.0 Å². The van der Waals surface area contributed by atoms with Crippen LogP contribution < -0.4 is 0 Å². The van der Waals surface area contributed by atoms with Gasteiger partial charge in [0, 0.05) is 0 Å². The van der Waals surface area contributed by atoms with Gasteiger partial charge in [-0.05, 0) is 6.92 Å². The minimum Gasteiger partial charge on any atom is -0.387 e. The zero-order valence-corrected chi connectivity index (χ0v) is 6.48. The summed E-state index contributed by atoms with van der Waals surface area (Å²) in [6.45, 7) is 1.01. The number of alkyl halides is 2. The summed E-state index contributed by atoms with van der Waals surface area (Å²) in [7, 11) is 0. The highest BCUT2D eigenvalue weighted by Crippen LogP contribution is 2.07. The Labute approximate surface area is 67.8 Å².